The average molecular weight is 330 g/mol. The molecule has 1 aliphatic rings. The van der Waals surface area contributed by atoms with Gasteiger partial charge in [0, 0.05) is 25.3 Å². The largest absolute Gasteiger partial charge is 0.462 e. The van der Waals surface area contributed by atoms with Gasteiger partial charge < -0.3 is 19.6 Å². The molecule has 0 aliphatic carbocycles. The van der Waals surface area contributed by atoms with Crippen LogP contribution in [-0.4, -0.2) is 35.3 Å². The Kier molecular flexibility index (Phi) is 5.56. The van der Waals surface area contributed by atoms with E-state index in [2.05, 4.69) is 48.3 Å². The van der Waals surface area contributed by atoms with Gasteiger partial charge in [0.1, 0.15) is 18.1 Å². The molecular weight excluding hydrogens is 304 g/mol. The standard InChI is InChI=1S/C19H26N2O3/c1-14-10-21(11-15(2)23-14)12-16-4-3-5-17(8-16)20-9-18-6-7-19(13-22)24-18/h3-8,14-15,20,22H,9-13H2,1-2H3. The minimum atomic E-state index is -0.0636. The Morgan fingerprint density at radius 2 is 1.88 bits per heavy atom. The van der Waals surface area contributed by atoms with Gasteiger partial charge in [-0.15, -0.1) is 0 Å². The van der Waals surface area contributed by atoms with Gasteiger partial charge in [-0.2, -0.15) is 0 Å². The first-order valence-corrected chi connectivity index (χ1v) is 8.51. The normalized spacial score (nSPS) is 21.8. The predicted octanol–water partition coefficient (Wildman–Crippen LogP) is 2.99. The van der Waals surface area contributed by atoms with Crippen molar-refractivity contribution in [2.45, 2.75) is 45.8 Å². The van der Waals surface area contributed by atoms with E-state index in [-0.39, 0.29) is 18.8 Å². The lowest BCUT2D eigenvalue weighted by atomic mass is 10.1. The summed E-state index contributed by atoms with van der Waals surface area (Å²) in [5, 5.41) is 12.4. The molecular formula is C19H26N2O3. The lowest BCUT2D eigenvalue weighted by Gasteiger charge is -2.35. The summed E-state index contributed by atoms with van der Waals surface area (Å²) in [6.07, 6.45) is 0.574. The molecule has 1 aliphatic heterocycles. The molecule has 1 fully saturated rings. The molecule has 0 amide bonds. The number of rotatable bonds is 6. The summed E-state index contributed by atoms with van der Waals surface area (Å²) in [7, 11) is 0. The maximum Gasteiger partial charge on any atom is 0.129 e. The van der Waals surface area contributed by atoms with E-state index >= 15 is 0 Å². The van der Waals surface area contributed by atoms with Crippen molar-refractivity contribution in [2.75, 3.05) is 18.4 Å². The van der Waals surface area contributed by atoms with Crippen LogP contribution >= 0.6 is 0 Å². The fraction of sp³-hybridized carbons (Fsp3) is 0.474. The number of nitrogens with one attached hydrogen (secondary N) is 1. The van der Waals surface area contributed by atoms with Crippen LogP contribution in [0.15, 0.2) is 40.8 Å². The smallest absolute Gasteiger partial charge is 0.129 e. The molecule has 1 saturated heterocycles. The Balaban J connectivity index is 1.57. The highest BCUT2D eigenvalue weighted by molar-refractivity contribution is 5.45. The molecule has 24 heavy (non-hydrogen) atoms. The van der Waals surface area contributed by atoms with Gasteiger partial charge in [-0.3, -0.25) is 4.90 Å². The first-order valence-electron chi connectivity index (χ1n) is 8.51. The first kappa shape index (κ1) is 17.0. The molecule has 0 saturated carbocycles. The van der Waals surface area contributed by atoms with E-state index in [1.54, 1.807) is 6.07 Å². The van der Waals surface area contributed by atoms with Crippen LogP contribution in [0.1, 0.15) is 30.9 Å². The van der Waals surface area contributed by atoms with E-state index in [0.717, 1.165) is 31.1 Å². The fourth-order valence-corrected chi connectivity index (χ4v) is 3.24. The Labute approximate surface area is 143 Å². The Hall–Kier alpha value is -1.82. The SMILES string of the molecule is CC1CN(Cc2cccc(NCc3ccc(CO)o3)c2)CC(C)O1. The lowest BCUT2D eigenvalue weighted by molar-refractivity contribution is -0.0704. The number of hydrogen-bond acceptors (Lipinski definition) is 5. The number of anilines is 1. The summed E-state index contributed by atoms with van der Waals surface area (Å²) in [6, 6.07) is 12.2. The number of furan rings is 1. The molecule has 1 aromatic carbocycles. The van der Waals surface area contributed by atoms with Crippen molar-refractivity contribution in [3.63, 3.8) is 0 Å². The summed E-state index contributed by atoms with van der Waals surface area (Å²) in [4.78, 5) is 2.44. The maximum absolute atomic E-state index is 9.04. The summed E-state index contributed by atoms with van der Waals surface area (Å²) >= 11 is 0. The third kappa shape index (κ3) is 4.60. The van der Waals surface area contributed by atoms with E-state index in [9.17, 15) is 0 Å². The maximum atomic E-state index is 9.04. The van der Waals surface area contributed by atoms with Crippen LogP contribution in [0, 0.1) is 0 Å². The van der Waals surface area contributed by atoms with E-state index in [1.165, 1.54) is 5.56 Å². The Bertz CT molecular complexity index is 646. The molecule has 2 atom stereocenters. The number of hydrogen-bond donors (Lipinski definition) is 2. The van der Waals surface area contributed by atoms with Crippen LogP contribution in [0.4, 0.5) is 5.69 Å². The van der Waals surface area contributed by atoms with Crippen molar-refractivity contribution < 1.29 is 14.3 Å². The third-order valence-electron chi connectivity index (χ3n) is 4.17. The topological polar surface area (TPSA) is 57.9 Å². The van der Waals surface area contributed by atoms with Crippen molar-refractivity contribution in [1.29, 1.82) is 0 Å². The van der Waals surface area contributed by atoms with Crippen molar-refractivity contribution in [2.24, 2.45) is 0 Å². The summed E-state index contributed by atoms with van der Waals surface area (Å²) in [5.41, 5.74) is 2.36. The van der Waals surface area contributed by atoms with E-state index in [4.69, 9.17) is 14.3 Å². The van der Waals surface area contributed by atoms with Crippen LogP contribution < -0.4 is 5.32 Å². The van der Waals surface area contributed by atoms with Crippen molar-refractivity contribution >= 4 is 5.69 Å². The number of nitrogens with zero attached hydrogens (tertiary/aromatic N) is 1. The molecule has 3 rings (SSSR count). The molecule has 2 N–H and O–H groups in total. The molecule has 5 nitrogen and oxygen atoms in total. The monoisotopic (exact) mass is 330 g/mol. The molecule has 2 heterocycles. The minimum Gasteiger partial charge on any atom is -0.462 e. The quantitative estimate of drug-likeness (QED) is 0.853. The van der Waals surface area contributed by atoms with Gasteiger partial charge in [-0.25, -0.2) is 0 Å². The van der Waals surface area contributed by atoms with Gasteiger partial charge in [0.25, 0.3) is 0 Å². The number of ether oxygens (including phenoxy) is 1. The van der Waals surface area contributed by atoms with Crippen LogP contribution in [-0.2, 0) is 24.4 Å². The molecule has 2 aromatic rings. The van der Waals surface area contributed by atoms with Gasteiger partial charge in [0.15, 0.2) is 0 Å². The van der Waals surface area contributed by atoms with Crippen molar-refractivity contribution in [3.05, 3.63) is 53.5 Å². The minimum absolute atomic E-state index is 0.0636. The van der Waals surface area contributed by atoms with Gasteiger partial charge in [-0.1, -0.05) is 12.1 Å². The molecule has 0 bridgehead atoms. The van der Waals surface area contributed by atoms with Crippen molar-refractivity contribution in [3.8, 4) is 0 Å². The highest BCUT2D eigenvalue weighted by Gasteiger charge is 2.21. The van der Waals surface area contributed by atoms with Crippen LogP contribution in [0.3, 0.4) is 0 Å². The molecule has 130 valence electrons. The van der Waals surface area contributed by atoms with E-state index in [1.807, 2.05) is 6.07 Å². The molecule has 0 radical (unpaired) electrons. The lowest BCUT2D eigenvalue weighted by Crippen LogP contribution is -2.44. The van der Waals surface area contributed by atoms with Crippen LogP contribution in [0.25, 0.3) is 0 Å². The second-order valence-corrected chi connectivity index (χ2v) is 6.53. The molecule has 5 heteroatoms. The van der Waals surface area contributed by atoms with Crippen LogP contribution in [0.5, 0.6) is 0 Å². The van der Waals surface area contributed by atoms with E-state index in [0.29, 0.717) is 12.3 Å². The second kappa shape index (κ2) is 7.83. The zero-order chi connectivity index (χ0) is 16.9. The zero-order valence-electron chi connectivity index (χ0n) is 14.4. The molecule has 1 aromatic heterocycles. The Morgan fingerprint density at radius 1 is 1.12 bits per heavy atom. The summed E-state index contributed by atoms with van der Waals surface area (Å²) in [5.74, 6) is 1.41. The highest BCUT2D eigenvalue weighted by Crippen LogP contribution is 2.18. The van der Waals surface area contributed by atoms with Gasteiger partial charge in [0.05, 0.1) is 18.8 Å². The summed E-state index contributed by atoms with van der Waals surface area (Å²) in [6.45, 7) is 7.68. The number of aliphatic hydroxyl groups excluding tert-OH is 1. The third-order valence-corrected chi connectivity index (χ3v) is 4.17. The number of morpholine rings is 1. The average Bonchev–Trinajstić information content (AvgIpc) is 3.00. The predicted molar refractivity (Wildman–Crippen MR) is 93.7 cm³/mol. The Morgan fingerprint density at radius 3 is 2.58 bits per heavy atom. The van der Waals surface area contributed by atoms with Crippen LogP contribution in [0.2, 0.25) is 0 Å². The molecule has 0 spiro atoms. The number of benzene rings is 1. The van der Waals surface area contributed by atoms with Gasteiger partial charge >= 0.3 is 0 Å². The van der Waals surface area contributed by atoms with Gasteiger partial charge in [0.2, 0.25) is 0 Å². The summed E-state index contributed by atoms with van der Waals surface area (Å²) < 4.78 is 11.3. The highest BCUT2D eigenvalue weighted by atomic mass is 16.5. The fourth-order valence-electron chi connectivity index (χ4n) is 3.24. The first-order chi connectivity index (χ1) is 11.6. The van der Waals surface area contributed by atoms with Gasteiger partial charge in [-0.05, 0) is 43.7 Å². The molecule has 2 unspecified atom stereocenters. The van der Waals surface area contributed by atoms with E-state index < -0.39 is 0 Å². The zero-order valence-corrected chi connectivity index (χ0v) is 14.4. The second-order valence-electron chi connectivity index (χ2n) is 6.53. The van der Waals surface area contributed by atoms with Crippen molar-refractivity contribution in [1.82, 2.24) is 4.90 Å². The number of aliphatic hydroxyl groups is 1.